The molecule has 0 unspecified atom stereocenters. The van der Waals surface area contributed by atoms with E-state index in [1.165, 1.54) is 114 Å². The van der Waals surface area contributed by atoms with Crippen LogP contribution in [0.25, 0.3) is 0 Å². The Labute approximate surface area is 443 Å². The van der Waals surface area contributed by atoms with Crippen molar-refractivity contribution in [2.24, 2.45) is 0 Å². The van der Waals surface area contributed by atoms with E-state index in [1.807, 2.05) is 48.5 Å². The van der Waals surface area contributed by atoms with Crippen LogP contribution in [0.15, 0.2) is 200 Å². The zero-order chi connectivity index (χ0) is 48.6. The molecule has 0 spiro atoms. The molecular formula is C63H61IN2O4P2. The van der Waals surface area contributed by atoms with Gasteiger partial charge in [0.05, 0.1) is 17.3 Å². The number of hydrogen-bond donors (Lipinski definition) is 2. The van der Waals surface area contributed by atoms with Gasteiger partial charge in [-0.2, -0.15) is 0 Å². The Bertz CT molecular complexity index is 2950. The molecule has 0 aromatic heterocycles. The summed E-state index contributed by atoms with van der Waals surface area (Å²) in [5.74, 6) is -1.78. The van der Waals surface area contributed by atoms with Crippen LogP contribution in [0.1, 0.15) is 74.2 Å². The van der Waals surface area contributed by atoms with Crippen molar-refractivity contribution in [2.45, 2.75) is 57.5 Å². The molecule has 72 heavy (non-hydrogen) atoms. The van der Waals surface area contributed by atoms with Crippen LogP contribution in [-0.4, -0.2) is 48.3 Å². The Morgan fingerprint density at radius 3 is 1.18 bits per heavy atom. The van der Waals surface area contributed by atoms with E-state index in [1.54, 1.807) is 41.1 Å². The molecule has 0 aliphatic carbocycles. The number of rotatable bonds is 10. The molecule has 0 radical (unpaired) electrons. The van der Waals surface area contributed by atoms with Gasteiger partial charge in [0.1, 0.15) is 23.2 Å². The minimum absolute atomic E-state index is 0. The van der Waals surface area contributed by atoms with Crippen molar-refractivity contribution in [2.75, 3.05) is 36.0 Å². The van der Waals surface area contributed by atoms with Gasteiger partial charge in [0.25, 0.3) is 0 Å². The zero-order valence-electron chi connectivity index (χ0n) is 40.6. The number of carboxylic acid groups (broad SMARTS) is 2. The lowest BCUT2D eigenvalue weighted by Crippen LogP contribution is -3.00. The van der Waals surface area contributed by atoms with Gasteiger partial charge in [-0.15, -0.1) is 0 Å². The highest BCUT2D eigenvalue weighted by atomic mass is 127. The number of carboxylic acids is 2. The lowest BCUT2D eigenvalue weighted by Gasteiger charge is -2.37. The van der Waals surface area contributed by atoms with Crippen molar-refractivity contribution >= 4 is 70.3 Å². The maximum absolute atomic E-state index is 11.6. The number of benzene rings is 8. The lowest BCUT2D eigenvalue weighted by molar-refractivity contribution is -0.0000437. The normalized spacial score (nSPS) is 14.2. The van der Waals surface area contributed by atoms with E-state index in [4.69, 9.17) is 5.11 Å². The molecule has 0 bridgehead atoms. The molecular weight excluding hydrogens is 1040 g/mol. The van der Waals surface area contributed by atoms with Crippen LogP contribution in [0.2, 0.25) is 0 Å². The van der Waals surface area contributed by atoms with Gasteiger partial charge in [-0.05, 0) is 164 Å². The minimum Gasteiger partial charge on any atom is -1.00 e. The van der Waals surface area contributed by atoms with Gasteiger partial charge in [0, 0.05) is 37.6 Å². The summed E-state index contributed by atoms with van der Waals surface area (Å²) in [4.78, 5) is 27.8. The van der Waals surface area contributed by atoms with Crippen molar-refractivity contribution in [3.05, 3.63) is 239 Å². The highest BCUT2D eigenvalue weighted by Crippen LogP contribution is 2.58. The molecule has 4 aliphatic heterocycles. The van der Waals surface area contributed by atoms with Gasteiger partial charge in [-0.25, -0.2) is 9.59 Å². The van der Waals surface area contributed by atoms with E-state index in [0.717, 1.165) is 24.3 Å². The van der Waals surface area contributed by atoms with Crippen LogP contribution >= 0.6 is 15.2 Å². The third kappa shape index (κ3) is 11.1. The molecule has 9 heteroatoms. The van der Waals surface area contributed by atoms with E-state index in [2.05, 4.69) is 137 Å². The van der Waals surface area contributed by atoms with E-state index < -0.39 is 27.1 Å². The third-order valence-electron chi connectivity index (χ3n) is 14.4. The summed E-state index contributed by atoms with van der Waals surface area (Å²) >= 11 is 0. The highest BCUT2D eigenvalue weighted by Gasteiger charge is 2.46. The second-order valence-corrected chi connectivity index (χ2v) is 24.6. The first kappa shape index (κ1) is 50.8. The standard InChI is InChI=1S/C32H30NO2P.C19H15O2P.C12H15N.HI/c34-32(35)25-15-17-30(18-16-25)36(28-11-3-1-4-12-28,29-13-5-2-6-14-29)23-24-21-26-9-7-19-33-20-8-10-27(22-24)31(26)33;20-19(21)15-11-13-18(14-12-15)22(16-7-3-1-4-8-16)17-9-5-2-6-10-17;1-4-10-6-2-8-13-9-3-7-11(5-1)12(10)13;/h1-6,11-18,21-22H,7-10,19-20,23H2;1-14H,(H,20,21);1,4-5H,2-3,6-9H2;1H. The molecule has 4 heterocycles. The first-order valence-electron chi connectivity index (χ1n) is 25.2. The topological polar surface area (TPSA) is 81.1 Å². The fourth-order valence-electron chi connectivity index (χ4n) is 11.3. The van der Waals surface area contributed by atoms with Crippen molar-refractivity contribution in [3.63, 3.8) is 0 Å². The maximum Gasteiger partial charge on any atom is 0.335 e. The Morgan fingerprint density at radius 1 is 0.417 bits per heavy atom. The summed E-state index contributed by atoms with van der Waals surface area (Å²) in [6.07, 6.45) is 11.0. The zero-order valence-corrected chi connectivity index (χ0v) is 44.6. The van der Waals surface area contributed by atoms with Crippen LogP contribution < -0.4 is 65.6 Å². The number of para-hydroxylation sites is 1. The van der Waals surface area contributed by atoms with Crippen molar-refractivity contribution in [1.29, 1.82) is 0 Å². The second kappa shape index (κ2) is 23.6. The van der Waals surface area contributed by atoms with Gasteiger partial charge < -0.3 is 44.0 Å². The monoisotopic (exact) mass is 1100 g/mol. The molecule has 0 saturated carbocycles. The number of nitrogens with zero attached hydrogens (tertiary/aromatic N) is 2. The summed E-state index contributed by atoms with van der Waals surface area (Å²) in [6.45, 7) is 4.93. The van der Waals surface area contributed by atoms with Crippen molar-refractivity contribution < 1.29 is 43.8 Å². The first-order chi connectivity index (χ1) is 34.9. The van der Waals surface area contributed by atoms with Gasteiger partial charge in [0.15, 0.2) is 0 Å². The van der Waals surface area contributed by atoms with Crippen LogP contribution in [0, 0.1) is 0 Å². The molecule has 4 aliphatic rings. The Kier molecular flexibility index (Phi) is 16.7. The molecule has 0 fully saturated rings. The lowest BCUT2D eigenvalue weighted by atomic mass is 9.90. The number of hydrogen-bond acceptors (Lipinski definition) is 4. The fourth-order valence-corrected chi connectivity index (χ4v) is 17.7. The number of anilines is 2. The van der Waals surface area contributed by atoms with Gasteiger partial charge in [0.2, 0.25) is 0 Å². The molecule has 364 valence electrons. The van der Waals surface area contributed by atoms with Gasteiger partial charge in [-0.3, -0.25) is 0 Å². The summed E-state index contributed by atoms with van der Waals surface area (Å²) in [6, 6.07) is 69.1. The van der Waals surface area contributed by atoms with E-state index in [0.29, 0.717) is 11.1 Å². The quantitative estimate of drug-likeness (QED) is 0.107. The highest BCUT2D eigenvalue weighted by molar-refractivity contribution is 7.95. The molecule has 6 nitrogen and oxygen atoms in total. The van der Waals surface area contributed by atoms with Gasteiger partial charge in [-0.1, -0.05) is 140 Å². The van der Waals surface area contributed by atoms with Gasteiger partial charge >= 0.3 is 11.9 Å². The fraction of sp³-hybridized carbons (Fsp3) is 0.206. The van der Waals surface area contributed by atoms with Crippen LogP contribution in [0.5, 0.6) is 0 Å². The molecule has 8 aromatic rings. The van der Waals surface area contributed by atoms with Crippen molar-refractivity contribution in [3.8, 4) is 0 Å². The molecule has 0 amide bonds. The third-order valence-corrected chi connectivity index (χ3v) is 21.3. The molecule has 12 rings (SSSR count). The average Bonchev–Trinajstić information content (AvgIpc) is 3.42. The number of carbonyl (C=O) groups is 2. The average molecular weight is 1100 g/mol. The van der Waals surface area contributed by atoms with Crippen LogP contribution in [0.4, 0.5) is 11.4 Å². The summed E-state index contributed by atoms with van der Waals surface area (Å²) in [5, 5.41) is 26.1. The predicted molar refractivity (Wildman–Crippen MR) is 299 cm³/mol. The predicted octanol–water partition coefficient (Wildman–Crippen LogP) is 8.11. The van der Waals surface area contributed by atoms with Crippen LogP contribution in [-0.2, 0) is 31.8 Å². The SMILES string of the molecule is O=C(O)c1ccc(P(c2ccccc2)c2ccccc2)cc1.O=C(O)c1ccc([P+](Cc2cc3c4c(c2)CCCN4CCC3)(c2ccccc2)c2ccccc2)cc1.[I-].c1cc2c3c(c1)CCCN3CCC2. The van der Waals surface area contributed by atoms with Crippen LogP contribution in [0.3, 0.4) is 0 Å². The molecule has 0 atom stereocenters. The summed E-state index contributed by atoms with van der Waals surface area (Å²) in [5.41, 5.74) is 11.3. The molecule has 0 saturated heterocycles. The number of aromatic carboxylic acids is 2. The smallest absolute Gasteiger partial charge is 0.335 e. The molecule has 2 N–H and O–H groups in total. The Hall–Kier alpha value is -6.11. The second-order valence-electron chi connectivity index (χ2n) is 18.9. The summed E-state index contributed by atoms with van der Waals surface area (Å²) < 4.78 is 0. The Morgan fingerprint density at radius 2 is 0.764 bits per heavy atom. The minimum atomic E-state index is -2.10. The summed E-state index contributed by atoms with van der Waals surface area (Å²) in [7, 11) is -2.77. The maximum atomic E-state index is 11.6. The largest absolute Gasteiger partial charge is 1.00 e. The van der Waals surface area contributed by atoms with E-state index in [-0.39, 0.29) is 24.0 Å². The molecule has 8 aromatic carbocycles. The van der Waals surface area contributed by atoms with E-state index in [9.17, 15) is 14.7 Å². The number of halogens is 1. The number of aryl methyl sites for hydroxylation is 4. The first-order valence-corrected chi connectivity index (χ1v) is 28.5. The van der Waals surface area contributed by atoms with E-state index >= 15 is 0 Å². The Balaban J connectivity index is 0.000000150. The van der Waals surface area contributed by atoms with Crippen molar-refractivity contribution in [1.82, 2.24) is 0 Å².